The number of benzene rings is 1. The summed E-state index contributed by atoms with van der Waals surface area (Å²) in [4.78, 5) is 4.59. The Labute approximate surface area is 143 Å². The summed E-state index contributed by atoms with van der Waals surface area (Å²) in [5, 5.41) is 17.7. The molecule has 3 heterocycles. The van der Waals surface area contributed by atoms with Crippen LogP contribution in [0.5, 0.6) is 5.88 Å². The summed E-state index contributed by atoms with van der Waals surface area (Å²) in [5.74, 6) is 0.374. The van der Waals surface area contributed by atoms with Gasteiger partial charge in [-0.25, -0.2) is 9.50 Å². The lowest BCUT2D eigenvalue weighted by Gasteiger charge is -2.09. The Balaban J connectivity index is 1.79. The van der Waals surface area contributed by atoms with Gasteiger partial charge in [-0.2, -0.15) is 15.5 Å². The van der Waals surface area contributed by atoms with Crippen molar-refractivity contribution < 1.29 is 4.74 Å². The van der Waals surface area contributed by atoms with Gasteiger partial charge in [-0.05, 0) is 5.56 Å². The van der Waals surface area contributed by atoms with Crippen molar-refractivity contribution in [2.45, 2.75) is 6.61 Å². The van der Waals surface area contributed by atoms with Crippen LogP contribution in [0.1, 0.15) is 11.1 Å². The first kappa shape index (κ1) is 14.9. The lowest BCUT2D eigenvalue weighted by atomic mass is 10.2. The zero-order valence-corrected chi connectivity index (χ0v) is 13.5. The molecule has 0 N–H and O–H groups in total. The van der Waals surface area contributed by atoms with Crippen LogP contribution in [0.3, 0.4) is 0 Å². The number of hydrogen-bond acceptors (Lipinski definition) is 5. The van der Waals surface area contributed by atoms with Crippen LogP contribution in [0.15, 0.2) is 55.1 Å². The molecule has 25 heavy (non-hydrogen) atoms. The normalized spacial score (nSPS) is 10.7. The zero-order valence-electron chi connectivity index (χ0n) is 13.5. The molecule has 0 aliphatic rings. The molecule has 0 saturated carbocycles. The average Bonchev–Trinajstić information content (AvgIpc) is 3.26. The van der Waals surface area contributed by atoms with Gasteiger partial charge in [0.2, 0.25) is 5.88 Å². The van der Waals surface area contributed by atoms with Gasteiger partial charge in [0.05, 0.1) is 24.3 Å². The number of rotatable bonds is 4. The van der Waals surface area contributed by atoms with E-state index in [0.29, 0.717) is 29.3 Å². The first-order valence-corrected chi connectivity index (χ1v) is 7.69. The SMILES string of the molecule is Cn1cc(-c2cn3ncc(C#N)c3c(OCc3ccccc3)n2)cn1. The van der Waals surface area contributed by atoms with Gasteiger partial charge in [0.25, 0.3) is 0 Å². The summed E-state index contributed by atoms with van der Waals surface area (Å²) in [6, 6.07) is 11.9. The second-order valence-electron chi connectivity index (χ2n) is 5.57. The second kappa shape index (κ2) is 6.09. The summed E-state index contributed by atoms with van der Waals surface area (Å²) in [7, 11) is 1.84. The fourth-order valence-electron chi connectivity index (χ4n) is 2.58. The maximum absolute atomic E-state index is 9.32. The monoisotopic (exact) mass is 330 g/mol. The van der Waals surface area contributed by atoms with E-state index in [4.69, 9.17) is 4.74 Å². The van der Waals surface area contributed by atoms with E-state index in [1.54, 1.807) is 21.6 Å². The van der Waals surface area contributed by atoms with Crippen molar-refractivity contribution in [3.05, 3.63) is 66.2 Å². The highest BCUT2D eigenvalue weighted by Crippen LogP contribution is 2.26. The van der Waals surface area contributed by atoms with Crippen LogP contribution in [0.2, 0.25) is 0 Å². The Morgan fingerprint density at radius 1 is 1.12 bits per heavy atom. The van der Waals surface area contributed by atoms with Crippen molar-refractivity contribution in [3.8, 4) is 23.2 Å². The van der Waals surface area contributed by atoms with Crippen LogP contribution in [0.4, 0.5) is 0 Å². The smallest absolute Gasteiger partial charge is 0.242 e. The number of ether oxygens (including phenoxy) is 1. The van der Waals surface area contributed by atoms with Crippen LogP contribution in [0, 0.1) is 11.3 Å². The molecule has 122 valence electrons. The third kappa shape index (κ3) is 2.81. The maximum atomic E-state index is 9.32. The van der Waals surface area contributed by atoms with Gasteiger partial charge in [-0.15, -0.1) is 0 Å². The van der Waals surface area contributed by atoms with E-state index in [0.717, 1.165) is 11.1 Å². The first-order chi connectivity index (χ1) is 12.2. The van der Waals surface area contributed by atoms with Crippen LogP contribution in [-0.2, 0) is 13.7 Å². The second-order valence-corrected chi connectivity index (χ2v) is 5.57. The molecule has 3 aromatic heterocycles. The van der Waals surface area contributed by atoms with E-state index < -0.39 is 0 Å². The quantitative estimate of drug-likeness (QED) is 0.574. The minimum absolute atomic E-state index is 0.357. The van der Waals surface area contributed by atoms with Gasteiger partial charge in [-0.1, -0.05) is 30.3 Å². The molecule has 7 heteroatoms. The fourth-order valence-corrected chi connectivity index (χ4v) is 2.58. The van der Waals surface area contributed by atoms with E-state index in [1.165, 1.54) is 6.20 Å². The van der Waals surface area contributed by atoms with Crippen LogP contribution >= 0.6 is 0 Å². The Morgan fingerprint density at radius 2 is 1.96 bits per heavy atom. The van der Waals surface area contributed by atoms with Gasteiger partial charge in [-0.3, -0.25) is 4.68 Å². The molecular weight excluding hydrogens is 316 g/mol. The van der Waals surface area contributed by atoms with Crippen molar-refractivity contribution in [2.24, 2.45) is 7.05 Å². The van der Waals surface area contributed by atoms with Crippen molar-refractivity contribution >= 4 is 5.52 Å². The number of hydrogen-bond donors (Lipinski definition) is 0. The molecule has 4 aromatic rings. The Bertz CT molecular complexity index is 1070. The molecule has 0 unspecified atom stereocenters. The van der Waals surface area contributed by atoms with E-state index in [2.05, 4.69) is 21.3 Å². The molecule has 0 atom stereocenters. The highest BCUT2D eigenvalue weighted by atomic mass is 16.5. The maximum Gasteiger partial charge on any atom is 0.242 e. The minimum atomic E-state index is 0.357. The summed E-state index contributed by atoms with van der Waals surface area (Å²) in [6.45, 7) is 0.357. The predicted molar refractivity (Wildman–Crippen MR) is 90.7 cm³/mol. The topological polar surface area (TPSA) is 81.0 Å². The largest absolute Gasteiger partial charge is 0.471 e. The van der Waals surface area contributed by atoms with Gasteiger partial charge in [0.1, 0.15) is 23.8 Å². The molecular formula is C18H14N6O. The van der Waals surface area contributed by atoms with E-state index >= 15 is 0 Å². The Hall–Kier alpha value is -3.66. The van der Waals surface area contributed by atoms with E-state index in [-0.39, 0.29) is 0 Å². The predicted octanol–water partition coefficient (Wildman–Crippen LogP) is 2.58. The number of aromatic nitrogens is 5. The van der Waals surface area contributed by atoms with Crippen LogP contribution in [0.25, 0.3) is 16.8 Å². The number of fused-ring (bicyclic) bond motifs is 1. The summed E-state index contributed by atoms with van der Waals surface area (Å²) in [6.07, 6.45) is 6.87. The van der Waals surface area contributed by atoms with Gasteiger partial charge < -0.3 is 4.74 Å². The molecule has 0 saturated heterocycles. The van der Waals surface area contributed by atoms with Gasteiger partial charge in [0.15, 0.2) is 0 Å². The van der Waals surface area contributed by atoms with E-state index in [9.17, 15) is 5.26 Å². The Morgan fingerprint density at radius 3 is 2.68 bits per heavy atom. The van der Waals surface area contributed by atoms with Gasteiger partial charge >= 0.3 is 0 Å². The van der Waals surface area contributed by atoms with Crippen molar-refractivity contribution in [1.82, 2.24) is 24.4 Å². The molecule has 0 spiro atoms. The molecule has 7 nitrogen and oxygen atoms in total. The first-order valence-electron chi connectivity index (χ1n) is 7.69. The number of nitriles is 1. The highest BCUT2D eigenvalue weighted by Gasteiger charge is 2.15. The summed E-state index contributed by atoms with van der Waals surface area (Å²) < 4.78 is 9.25. The molecule has 4 rings (SSSR count). The summed E-state index contributed by atoms with van der Waals surface area (Å²) >= 11 is 0. The molecule has 0 radical (unpaired) electrons. The van der Waals surface area contributed by atoms with Crippen LogP contribution < -0.4 is 4.74 Å². The number of aryl methyl sites for hydroxylation is 1. The molecule has 0 fully saturated rings. The highest BCUT2D eigenvalue weighted by molar-refractivity contribution is 5.70. The molecule has 0 aliphatic carbocycles. The third-order valence-electron chi connectivity index (χ3n) is 3.80. The van der Waals surface area contributed by atoms with Crippen molar-refractivity contribution in [3.63, 3.8) is 0 Å². The minimum Gasteiger partial charge on any atom is -0.471 e. The zero-order chi connectivity index (χ0) is 17.2. The molecule has 1 aromatic carbocycles. The van der Waals surface area contributed by atoms with E-state index in [1.807, 2.05) is 43.6 Å². The third-order valence-corrected chi connectivity index (χ3v) is 3.80. The van der Waals surface area contributed by atoms with Crippen molar-refractivity contribution in [1.29, 1.82) is 5.26 Å². The Kier molecular flexibility index (Phi) is 3.63. The summed E-state index contributed by atoms with van der Waals surface area (Å²) in [5.41, 5.74) is 3.53. The lowest BCUT2D eigenvalue weighted by molar-refractivity contribution is 0.296. The molecule has 0 aliphatic heterocycles. The molecule has 0 bridgehead atoms. The fraction of sp³-hybridized carbons (Fsp3) is 0.111. The van der Waals surface area contributed by atoms with Crippen molar-refractivity contribution in [2.75, 3.05) is 0 Å². The van der Waals surface area contributed by atoms with Gasteiger partial charge in [0, 0.05) is 18.8 Å². The lowest BCUT2D eigenvalue weighted by Crippen LogP contribution is -2.02. The standard InChI is InChI=1S/C18H14N6O/c1-23-10-15(9-20-23)16-11-24-17(14(7-19)8-21-24)18(22-16)25-12-13-5-3-2-4-6-13/h2-6,8-11H,12H2,1H3. The molecule has 0 amide bonds. The average molecular weight is 330 g/mol. The van der Waals surface area contributed by atoms with Crippen LogP contribution in [-0.4, -0.2) is 24.4 Å². The number of nitrogens with zero attached hydrogens (tertiary/aromatic N) is 6.